The van der Waals surface area contributed by atoms with Crippen molar-refractivity contribution in [1.82, 2.24) is 4.98 Å². The van der Waals surface area contributed by atoms with E-state index in [2.05, 4.69) is 10.3 Å². The van der Waals surface area contributed by atoms with Gasteiger partial charge in [0, 0.05) is 11.3 Å². The summed E-state index contributed by atoms with van der Waals surface area (Å²) in [6.45, 7) is 7.77. The molecule has 3 aromatic rings. The highest BCUT2D eigenvalue weighted by molar-refractivity contribution is 6.04. The molecule has 0 saturated carbocycles. The van der Waals surface area contributed by atoms with Crippen LogP contribution in [-0.4, -0.2) is 10.9 Å². The Morgan fingerprint density at radius 1 is 1.00 bits per heavy atom. The second-order valence-corrected chi connectivity index (χ2v) is 6.02. The van der Waals surface area contributed by atoms with Crippen LogP contribution in [0, 0.1) is 27.7 Å². The molecule has 122 valence electrons. The molecule has 0 fully saturated rings. The van der Waals surface area contributed by atoms with Crippen molar-refractivity contribution in [2.75, 3.05) is 5.32 Å². The number of benzene rings is 2. The summed E-state index contributed by atoms with van der Waals surface area (Å²) in [6.07, 6.45) is 0. The van der Waals surface area contributed by atoms with Crippen LogP contribution >= 0.6 is 0 Å². The molecule has 1 heterocycles. The first kappa shape index (κ1) is 16.0. The second-order valence-electron chi connectivity index (χ2n) is 6.02. The number of amides is 1. The van der Waals surface area contributed by atoms with Gasteiger partial charge in [-0.05, 0) is 51.0 Å². The lowest BCUT2D eigenvalue weighted by Crippen LogP contribution is -2.15. The van der Waals surface area contributed by atoms with E-state index in [0.717, 1.165) is 22.4 Å². The SMILES string of the molecule is Cc1cc(C)c(NC(=O)c2nc(-c3ccccc3)oc2C)c(C)c1. The Hall–Kier alpha value is -2.88. The van der Waals surface area contributed by atoms with Gasteiger partial charge in [-0.3, -0.25) is 4.79 Å². The first-order valence-electron chi connectivity index (χ1n) is 7.87. The van der Waals surface area contributed by atoms with E-state index in [0.29, 0.717) is 17.3 Å². The fraction of sp³-hybridized carbons (Fsp3) is 0.200. The average Bonchev–Trinajstić information content (AvgIpc) is 2.93. The molecule has 1 N–H and O–H groups in total. The number of hydrogen-bond donors (Lipinski definition) is 1. The van der Waals surface area contributed by atoms with E-state index in [4.69, 9.17) is 4.42 Å². The fourth-order valence-electron chi connectivity index (χ4n) is 2.86. The van der Waals surface area contributed by atoms with Crippen LogP contribution < -0.4 is 5.32 Å². The predicted octanol–water partition coefficient (Wildman–Crippen LogP) is 4.83. The number of carbonyl (C=O) groups excluding carboxylic acids is 1. The summed E-state index contributed by atoms with van der Waals surface area (Å²) in [5, 5.41) is 2.97. The maximum absolute atomic E-state index is 12.6. The monoisotopic (exact) mass is 320 g/mol. The minimum atomic E-state index is -0.256. The normalized spacial score (nSPS) is 10.7. The van der Waals surface area contributed by atoms with Crippen LogP contribution in [0.5, 0.6) is 0 Å². The molecule has 0 spiro atoms. The van der Waals surface area contributed by atoms with Crippen LogP contribution in [0.4, 0.5) is 5.69 Å². The molecule has 0 bridgehead atoms. The third-order valence-electron chi connectivity index (χ3n) is 3.95. The lowest BCUT2D eigenvalue weighted by atomic mass is 10.0. The van der Waals surface area contributed by atoms with Gasteiger partial charge in [0.2, 0.25) is 5.89 Å². The van der Waals surface area contributed by atoms with Crippen molar-refractivity contribution in [3.8, 4) is 11.5 Å². The summed E-state index contributed by atoms with van der Waals surface area (Å²) in [7, 11) is 0. The first-order chi connectivity index (χ1) is 11.5. The van der Waals surface area contributed by atoms with Crippen molar-refractivity contribution >= 4 is 11.6 Å². The highest BCUT2D eigenvalue weighted by Crippen LogP contribution is 2.25. The van der Waals surface area contributed by atoms with Crippen LogP contribution in [0.3, 0.4) is 0 Å². The van der Waals surface area contributed by atoms with Crippen molar-refractivity contribution in [1.29, 1.82) is 0 Å². The third-order valence-corrected chi connectivity index (χ3v) is 3.95. The number of hydrogen-bond acceptors (Lipinski definition) is 3. The summed E-state index contributed by atoms with van der Waals surface area (Å²) >= 11 is 0. The van der Waals surface area contributed by atoms with E-state index in [-0.39, 0.29) is 5.91 Å². The second kappa shape index (κ2) is 6.32. The van der Waals surface area contributed by atoms with Gasteiger partial charge in [0.25, 0.3) is 5.91 Å². The first-order valence-corrected chi connectivity index (χ1v) is 7.87. The quantitative estimate of drug-likeness (QED) is 0.752. The van der Waals surface area contributed by atoms with Crippen LogP contribution in [0.1, 0.15) is 32.9 Å². The Bertz CT molecular complexity index is 872. The zero-order valence-corrected chi connectivity index (χ0v) is 14.3. The molecule has 4 heteroatoms. The number of carbonyl (C=O) groups is 1. The molecule has 24 heavy (non-hydrogen) atoms. The van der Waals surface area contributed by atoms with Crippen molar-refractivity contribution < 1.29 is 9.21 Å². The van der Waals surface area contributed by atoms with Crippen LogP contribution in [0.25, 0.3) is 11.5 Å². The van der Waals surface area contributed by atoms with Gasteiger partial charge in [-0.1, -0.05) is 35.9 Å². The molecule has 1 aromatic heterocycles. The molecular formula is C20H20N2O2. The van der Waals surface area contributed by atoms with E-state index in [1.54, 1.807) is 6.92 Å². The molecule has 0 aliphatic heterocycles. The maximum Gasteiger partial charge on any atom is 0.277 e. The number of aromatic nitrogens is 1. The number of anilines is 1. The molecule has 0 aliphatic rings. The zero-order valence-electron chi connectivity index (χ0n) is 14.3. The standard InChI is InChI=1S/C20H20N2O2/c1-12-10-13(2)17(14(3)11-12)21-19(23)18-15(4)24-20(22-18)16-8-6-5-7-9-16/h5-11H,1-4H3,(H,21,23). The zero-order chi connectivity index (χ0) is 17.3. The minimum Gasteiger partial charge on any atom is -0.441 e. The van der Waals surface area contributed by atoms with E-state index in [1.165, 1.54) is 5.56 Å². The molecule has 4 nitrogen and oxygen atoms in total. The Labute approximate surface area is 141 Å². The summed E-state index contributed by atoms with van der Waals surface area (Å²) in [4.78, 5) is 17.0. The largest absolute Gasteiger partial charge is 0.441 e. The van der Waals surface area contributed by atoms with Gasteiger partial charge in [-0.2, -0.15) is 0 Å². The molecule has 2 aromatic carbocycles. The van der Waals surface area contributed by atoms with Gasteiger partial charge >= 0.3 is 0 Å². The Morgan fingerprint density at radius 2 is 1.62 bits per heavy atom. The van der Waals surface area contributed by atoms with Crippen LogP contribution in [0.2, 0.25) is 0 Å². The molecular weight excluding hydrogens is 300 g/mol. The fourth-order valence-corrected chi connectivity index (χ4v) is 2.86. The molecule has 0 atom stereocenters. The molecule has 0 unspecified atom stereocenters. The Kier molecular flexibility index (Phi) is 4.21. The van der Waals surface area contributed by atoms with Gasteiger partial charge < -0.3 is 9.73 Å². The smallest absolute Gasteiger partial charge is 0.277 e. The van der Waals surface area contributed by atoms with E-state index in [1.807, 2.05) is 63.2 Å². The van der Waals surface area contributed by atoms with E-state index in [9.17, 15) is 4.79 Å². The van der Waals surface area contributed by atoms with Gasteiger partial charge in [0.05, 0.1) is 0 Å². The summed E-state index contributed by atoms with van der Waals surface area (Å²) in [5.74, 6) is 0.706. The number of aryl methyl sites for hydroxylation is 4. The van der Waals surface area contributed by atoms with Gasteiger partial charge in [0.15, 0.2) is 5.69 Å². The molecule has 1 amide bonds. The number of nitrogens with zero attached hydrogens (tertiary/aromatic N) is 1. The number of rotatable bonds is 3. The predicted molar refractivity (Wildman–Crippen MR) is 95.3 cm³/mol. The maximum atomic E-state index is 12.6. The molecule has 0 radical (unpaired) electrons. The van der Waals surface area contributed by atoms with Crippen molar-refractivity contribution in [3.05, 3.63) is 70.6 Å². The van der Waals surface area contributed by atoms with Gasteiger partial charge in [0.1, 0.15) is 5.76 Å². The summed E-state index contributed by atoms with van der Waals surface area (Å²) in [5.41, 5.74) is 5.23. The number of oxazole rings is 1. The van der Waals surface area contributed by atoms with Gasteiger partial charge in [-0.15, -0.1) is 0 Å². The average molecular weight is 320 g/mol. The van der Waals surface area contributed by atoms with Gasteiger partial charge in [-0.25, -0.2) is 4.98 Å². The van der Waals surface area contributed by atoms with E-state index < -0.39 is 0 Å². The Balaban J connectivity index is 1.90. The lowest BCUT2D eigenvalue weighted by Gasteiger charge is -2.12. The van der Waals surface area contributed by atoms with E-state index >= 15 is 0 Å². The molecule has 0 saturated heterocycles. The highest BCUT2D eigenvalue weighted by atomic mass is 16.4. The van der Waals surface area contributed by atoms with Crippen molar-refractivity contribution in [2.45, 2.75) is 27.7 Å². The molecule has 3 rings (SSSR count). The third kappa shape index (κ3) is 3.08. The minimum absolute atomic E-state index is 0.256. The Morgan fingerprint density at radius 3 is 2.25 bits per heavy atom. The summed E-state index contributed by atoms with van der Waals surface area (Å²) in [6, 6.07) is 13.7. The van der Waals surface area contributed by atoms with Crippen molar-refractivity contribution in [2.24, 2.45) is 0 Å². The topological polar surface area (TPSA) is 55.1 Å². The van der Waals surface area contributed by atoms with Crippen LogP contribution in [0.15, 0.2) is 46.9 Å². The summed E-state index contributed by atoms with van der Waals surface area (Å²) < 4.78 is 5.67. The lowest BCUT2D eigenvalue weighted by molar-refractivity contribution is 0.102. The molecule has 0 aliphatic carbocycles. The number of nitrogens with one attached hydrogen (secondary N) is 1. The van der Waals surface area contributed by atoms with Crippen molar-refractivity contribution in [3.63, 3.8) is 0 Å². The van der Waals surface area contributed by atoms with Crippen LogP contribution in [-0.2, 0) is 0 Å². The highest BCUT2D eigenvalue weighted by Gasteiger charge is 2.19.